The Kier molecular flexibility index (Phi) is 4.24. The SMILES string of the molecule is CCOC(=O)c1ccc2c(c1)NC(=O)[C@@H](C)N2C(=O)[C@@]1(C)CC1(Cl)Cl. The lowest BCUT2D eigenvalue weighted by Gasteiger charge is -2.36. The minimum Gasteiger partial charge on any atom is -0.462 e. The topological polar surface area (TPSA) is 75.7 Å². The van der Waals surface area contributed by atoms with Crippen molar-refractivity contribution in [2.75, 3.05) is 16.8 Å². The second kappa shape index (κ2) is 5.88. The number of carbonyl (C=O) groups excluding carboxylic acids is 3. The van der Waals surface area contributed by atoms with Crippen molar-refractivity contribution in [2.24, 2.45) is 5.41 Å². The highest BCUT2D eigenvalue weighted by Crippen LogP contribution is 2.65. The van der Waals surface area contributed by atoms with Crippen LogP contribution in [0.1, 0.15) is 37.6 Å². The molecule has 1 heterocycles. The molecule has 0 aromatic heterocycles. The molecule has 1 aliphatic heterocycles. The number of hydrogen-bond acceptors (Lipinski definition) is 4. The predicted molar refractivity (Wildman–Crippen MR) is 95.1 cm³/mol. The van der Waals surface area contributed by atoms with Gasteiger partial charge in [-0.1, -0.05) is 0 Å². The molecular formula is C17H18Cl2N2O4. The maximum Gasteiger partial charge on any atom is 0.338 e. The number of nitrogens with zero attached hydrogens (tertiary/aromatic N) is 1. The molecule has 1 aromatic carbocycles. The fourth-order valence-corrected chi connectivity index (χ4v) is 3.63. The van der Waals surface area contributed by atoms with Gasteiger partial charge in [0.1, 0.15) is 10.4 Å². The maximum absolute atomic E-state index is 13.0. The van der Waals surface area contributed by atoms with Crippen molar-refractivity contribution in [1.82, 2.24) is 0 Å². The summed E-state index contributed by atoms with van der Waals surface area (Å²) in [5.41, 5.74) is 0.229. The minimum atomic E-state index is -1.14. The van der Waals surface area contributed by atoms with E-state index >= 15 is 0 Å². The van der Waals surface area contributed by atoms with Crippen LogP contribution in [0.4, 0.5) is 11.4 Å². The van der Waals surface area contributed by atoms with Gasteiger partial charge in [0, 0.05) is 0 Å². The van der Waals surface area contributed by atoms with Gasteiger partial charge in [0.05, 0.1) is 29.0 Å². The number of rotatable bonds is 3. The average Bonchev–Trinajstić information content (AvgIpc) is 3.07. The maximum atomic E-state index is 13.0. The Hall–Kier alpha value is -1.79. The first-order chi connectivity index (χ1) is 11.6. The summed E-state index contributed by atoms with van der Waals surface area (Å²) >= 11 is 12.3. The Bertz CT molecular complexity index is 780. The van der Waals surface area contributed by atoms with Crippen molar-refractivity contribution in [3.05, 3.63) is 23.8 Å². The third-order valence-electron chi connectivity index (χ3n) is 4.74. The van der Waals surface area contributed by atoms with Gasteiger partial charge in [0.15, 0.2) is 0 Å². The Morgan fingerprint density at radius 1 is 1.40 bits per heavy atom. The van der Waals surface area contributed by atoms with Crippen molar-refractivity contribution in [3.63, 3.8) is 0 Å². The number of fused-ring (bicyclic) bond motifs is 1. The molecule has 1 N–H and O–H groups in total. The molecule has 0 spiro atoms. The molecule has 0 saturated heterocycles. The van der Waals surface area contributed by atoms with Crippen LogP contribution in [0.25, 0.3) is 0 Å². The number of nitrogens with one attached hydrogen (secondary N) is 1. The van der Waals surface area contributed by atoms with Gasteiger partial charge in [-0.3, -0.25) is 14.5 Å². The number of ether oxygens (including phenoxy) is 1. The van der Waals surface area contributed by atoms with Crippen LogP contribution in [0, 0.1) is 5.41 Å². The summed E-state index contributed by atoms with van der Waals surface area (Å²) in [6.07, 6.45) is 0.322. The second-order valence-corrected chi connectivity index (χ2v) is 7.99. The number of benzene rings is 1. The lowest BCUT2D eigenvalue weighted by Crippen LogP contribution is -2.52. The van der Waals surface area contributed by atoms with Crippen molar-refractivity contribution in [3.8, 4) is 0 Å². The summed E-state index contributed by atoms with van der Waals surface area (Å²) in [5, 5.41) is 2.72. The zero-order valence-electron chi connectivity index (χ0n) is 14.1. The van der Waals surface area contributed by atoms with E-state index < -0.39 is 21.8 Å². The fraction of sp³-hybridized carbons (Fsp3) is 0.471. The molecule has 1 saturated carbocycles. The monoisotopic (exact) mass is 384 g/mol. The second-order valence-electron chi connectivity index (χ2n) is 6.51. The summed E-state index contributed by atoms with van der Waals surface area (Å²) in [5.74, 6) is -1.16. The summed E-state index contributed by atoms with van der Waals surface area (Å²) in [4.78, 5) is 38.6. The number of hydrogen-bond donors (Lipinski definition) is 1. The lowest BCUT2D eigenvalue weighted by atomic mass is 10.0. The van der Waals surface area contributed by atoms with Gasteiger partial charge in [-0.15, -0.1) is 23.2 Å². The summed E-state index contributed by atoms with van der Waals surface area (Å²) in [7, 11) is 0. The number of anilines is 2. The van der Waals surface area contributed by atoms with Gasteiger partial charge in [0.25, 0.3) is 0 Å². The average molecular weight is 385 g/mol. The van der Waals surface area contributed by atoms with E-state index in [0.717, 1.165) is 0 Å². The molecule has 0 radical (unpaired) electrons. The lowest BCUT2D eigenvalue weighted by molar-refractivity contribution is -0.126. The van der Waals surface area contributed by atoms with Gasteiger partial charge >= 0.3 is 5.97 Å². The molecule has 0 bridgehead atoms. The van der Waals surface area contributed by atoms with Crippen LogP contribution < -0.4 is 10.2 Å². The number of carbonyl (C=O) groups is 3. The highest BCUT2D eigenvalue weighted by Gasteiger charge is 2.69. The zero-order valence-corrected chi connectivity index (χ0v) is 15.6. The normalized spacial score (nSPS) is 26.5. The molecule has 134 valence electrons. The molecule has 1 aromatic rings. The van der Waals surface area contributed by atoms with Crippen LogP contribution in [0.15, 0.2) is 18.2 Å². The van der Waals surface area contributed by atoms with Crippen molar-refractivity contribution < 1.29 is 19.1 Å². The number of esters is 1. The van der Waals surface area contributed by atoms with Crippen LogP contribution in [-0.2, 0) is 14.3 Å². The summed E-state index contributed by atoms with van der Waals surface area (Å²) in [6, 6.07) is 3.97. The first-order valence-corrected chi connectivity index (χ1v) is 8.71. The molecular weight excluding hydrogens is 367 g/mol. The third kappa shape index (κ3) is 2.77. The quantitative estimate of drug-likeness (QED) is 0.641. The Morgan fingerprint density at radius 2 is 2.04 bits per heavy atom. The Morgan fingerprint density at radius 3 is 2.60 bits per heavy atom. The molecule has 8 heteroatoms. The smallest absolute Gasteiger partial charge is 0.338 e. The summed E-state index contributed by atoms with van der Waals surface area (Å²) < 4.78 is 3.83. The van der Waals surface area contributed by atoms with Crippen molar-refractivity contribution in [2.45, 2.75) is 37.6 Å². The molecule has 6 nitrogen and oxygen atoms in total. The van der Waals surface area contributed by atoms with Gasteiger partial charge < -0.3 is 10.1 Å². The number of alkyl halides is 2. The van der Waals surface area contributed by atoms with Gasteiger partial charge in [0.2, 0.25) is 11.8 Å². The van der Waals surface area contributed by atoms with Crippen molar-refractivity contribution in [1.29, 1.82) is 0 Å². The van der Waals surface area contributed by atoms with Crippen LogP contribution in [-0.4, -0.2) is 34.8 Å². The number of halogens is 2. The van der Waals surface area contributed by atoms with E-state index in [1.807, 2.05) is 0 Å². The Labute approximate surface area is 155 Å². The molecule has 1 aliphatic carbocycles. The highest BCUT2D eigenvalue weighted by atomic mass is 35.5. The molecule has 25 heavy (non-hydrogen) atoms. The fourth-order valence-electron chi connectivity index (χ4n) is 2.93. The van der Waals surface area contributed by atoms with Crippen LogP contribution in [0.3, 0.4) is 0 Å². The van der Waals surface area contributed by atoms with E-state index in [1.54, 1.807) is 32.9 Å². The summed E-state index contributed by atoms with van der Waals surface area (Å²) in [6.45, 7) is 5.27. The van der Waals surface area contributed by atoms with Gasteiger partial charge in [-0.25, -0.2) is 4.79 Å². The van der Waals surface area contributed by atoms with E-state index in [2.05, 4.69) is 5.32 Å². The van der Waals surface area contributed by atoms with E-state index in [0.29, 0.717) is 23.4 Å². The molecule has 1 fully saturated rings. The van der Waals surface area contributed by atoms with E-state index in [9.17, 15) is 14.4 Å². The number of amides is 2. The zero-order chi connectivity index (χ0) is 18.6. The molecule has 0 unspecified atom stereocenters. The predicted octanol–water partition coefficient (Wildman–Crippen LogP) is 3.12. The van der Waals surface area contributed by atoms with Crippen LogP contribution in [0.2, 0.25) is 0 Å². The molecule has 2 amide bonds. The molecule has 2 atom stereocenters. The first-order valence-electron chi connectivity index (χ1n) is 7.96. The van der Waals surface area contributed by atoms with E-state index in [-0.39, 0.29) is 18.4 Å². The minimum absolute atomic E-state index is 0.246. The Balaban J connectivity index is 2.00. The first kappa shape index (κ1) is 18.0. The van der Waals surface area contributed by atoms with Gasteiger partial charge in [-0.05, 0) is 45.4 Å². The van der Waals surface area contributed by atoms with Crippen molar-refractivity contribution >= 4 is 52.4 Å². The third-order valence-corrected chi connectivity index (χ3v) is 5.84. The van der Waals surface area contributed by atoms with Crippen LogP contribution >= 0.6 is 23.2 Å². The highest BCUT2D eigenvalue weighted by molar-refractivity contribution is 6.53. The van der Waals surface area contributed by atoms with E-state index in [4.69, 9.17) is 27.9 Å². The molecule has 3 rings (SSSR count). The van der Waals surface area contributed by atoms with Gasteiger partial charge in [-0.2, -0.15) is 0 Å². The van der Waals surface area contributed by atoms with E-state index in [1.165, 1.54) is 11.0 Å². The standard InChI is InChI=1S/C17H18Cl2N2O4/c1-4-25-14(23)10-5-6-12-11(7-10)20-13(22)9(2)21(12)15(24)16(3)8-17(16,18)19/h5-7,9H,4,8H2,1-3H3,(H,20,22)/t9-,16-/m1/s1. The largest absolute Gasteiger partial charge is 0.462 e. The van der Waals surface area contributed by atoms with Crippen LogP contribution in [0.5, 0.6) is 0 Å². The molecule has 2 aliphatic rings.